The van der Waals surface area contributed by atoms with Crippen molar-refractivity contribution in [2.24, 2.45) is 0 Å². The van der Waals surface area contributed by atoms with Crippen LogP contribution in [0.2, 0.25) is 0 Å². The van der Waals surface area contributed by atoms with Crippen molar-refractivity contribution in [1.82, 2.24) is 0 Å². The zero-order chi connectivity index (χ0) is 13.2. The third-order valence-corrected chi connectivity index (χ3v) is 5.89. The van der Waals surface area contributed by atoms with E-state index in [1.165, 1.54) is 0 Å². The minimum absolute atomic E-state index is 0.321. The Morgan fingerprint density at radius 1 is 1.16 bits per heavy atom. The predicted octanol–water partition coefficient (Wildman–Crippen LogP) is 4.10. The molecule has 5 heteroatoms. The summed E-state index contributed by atoms with van der Waals surface area (Å²) in [5, 5.41) is 0.502. The molecule has 2 heterocycles. The van der Waals surface area contributed by atoms with Gasteiger partial charge in [0.25, 0.3) is 0 Å². The monoisotopic (exact) mass is 310 g/mol. The maximum Gasteiger partial charge on any atom is 0.342 e. The van der Waals surface area contributed by atoms with Crippen LogP contribution in [0.3, 0.4) is 0 Å². The summed E-state index contributed by atoms with van der Waals surface area (Å²) in [5.74, 6) is 1.71. The average Bonchev–Trinajstić information content (AvgIpc) is 2.93. The Bertz CT molecular complexity index is 558. The molecular weight excluding hydrogens is 300 g/mol. The van der Waals surface area contributed by atoms with Gasteiger partial charge in [0.15, 0.2) is 0 Å². The molecule has 1 aromatic carbocycles. The Kier molecular flexibility index (Phi) is 3.91. The maximum absolute atomic E-state index is 12.1. The van der Waals surface area contributed by atoms with E-state index in [2.05, 4.69) is 0 Å². The molecule has 0 radical (unpaired) electrons. The maximum atomic E-state index is 12.1. The van der Waals surface area contributed by atoms with Crippen molar-refractivity contribution in [3.8, 4) is 0 Å². The number of cyclic esters (lactones) is 1. The molecular formula is C14H11ClO2S2. The highest BCUT2D eigenvalue weighted by molar-refractivity contribution is 8.25. The van der Waals surface area contributed by atoms with Gasteiger partial charge in [-0.15, -0.1) is 23.5 Å². The molecule has 2 aliphatic heterocycles. The summed E-state index contributed by atoms with van der Waals surface area (Å²) in [6.45, 7) is 0. The van der Waals surface area contributed by atoms with Crippen molar-refractivity contribution in [2.75, 3.05) is 11.5 Å². The molecule has 1 aromatic rings. The van der Waals surface area contributed by atoms with E-state index in [1.54, 1.807) is 29.6 Å². The van der Waals surface area contributed by atoms with Crippen LogP contribution in [0.1, 0.15) is 11.7 Å². The standard InChI is InChI=1S/C14H11ClO2S2/c15-10-8-11(9-4-2-1-3-5-9)17-13(16)12(10)14-18-6-7-19-14/h1-5,8,11H,6-7H2. The Balaban J connectivity index is 1.95. The van der Waals surface area contributed by atoms with Crippen LogP contribution in [0, 0.1) is 0 Å². The molecule has 2 nitrogen and oxygen atoms in total. The minimum Gasteiger partial charge on any atom is -0.449 e. The van der Waals surface area contributed by atoms with E-state index in [-0.39, 0.29) is 12.1 Å². The summed E-state index contributed by atoms with van der Waals surface area (Å²) < 4.78 is 6.47. The molecule has 1 unspecified atom stereocenters. The zero-order valence-electron chi connectivity index (χ0n) is 9.97. The van der Waals surface area contributed by atoms with Crippen LogP contribution in [-0.4, -0.2) is 17.5 Å². The van der Waals surface area contributed by atoms with E-state index in [0.29, 0.717) is 10.6 Å². The van der Waals surface area contributed by atoms with Crippen molar-refractivity contribution in [1.29, 1.82) is 0 Å². The predicted molar refractivity (Wildman–Crippen MR) is 81.2 cm³/mol. The first-order valence-corrected chi connectivity index (χ1v) is 8.24. The van der Waals surface area contributed by atoms with Crippen LogP contribution in [-0.2, 0) is 9.53 Å². The molecule has 0 bridgehead atoms. The highest BCUT2D eigenvalue weighted by atomic mass is 35.5. The van der Waals surface area contributed by atoms with Crippen LogP contribution in [0.4, 0.5) is 0 Å². The number of thioether (sulfide) groups is 2. The van der Waals surface area contributed by atoms with E-state index in [0.717, 1.165) is 21.3 Å². The largest absolute Gasteiger partial charge is 0.449 e. The number of hydrogen-bond donors (Lipinski definition) is 0. The summed E-state index contributed by atoms with van der Waals surface area (Å²) in [4.78, 5) is 12.1. The highest BCUT2D eigenvalue weighted by Gasteiger charge is 2.30. The van der Waals surface area contributed by atoms with Crippen LogP contribution < -0.4 is 0 Å². The molecule has 2 aliphatic rings. The van der Waals surface area contributed by atoms with Gasteiger partial charge in [0, 0.05) is 11.5 Å². The number of halogens is 1. The fourth-order valence-electron chi connectivity index (χ4n) is 1.96. The van der Waals surface area contributed by atoms with Crippen molar-refractivity contribution < 1.29 is 9.53 Å². The first kappa shape index (κ1) is 13.2. The van der Waals surface area contributed by atoms with Gasteiger partial charge in [-0.25, -0.2) is 4.79 Å². The Hall–Kier alpha value is -0.840. The quantitative estimate of drug-likeness (QED) is 0.576. The van der Waals surface area contributed by atoms with Crippen molar-refractivity contribution in [3.63, 3.8) is 0 Å². The third kappa shape index (κ3) is 2.71. The molecule has 98 valence electrons. The lowest BCUT2D eigenvalue weighted by Gasteiger charge is -2.22. The van der Waals surface area contributed by atoms with E-state index in [4.69, 9.17) is 16.3 Å². The van der Waals surface area contributed by atoms with Gasteiger partial charge >= 0.3 is 5.97 Å². The SMILES string of the molecule is O=C1OC(c2ccccc2)C=C(Cl)C1=C1SCCS1. The second-order valence-corrected chi connectivity index (χ2v) is 6.99. The smallest absolute Gasteiger partial charge is 0.342 e. The lowest BCUT2D eigenvalue weighted by molar-refractivity contribution is -0.142. The van der Waals surface area contributed by atoms with Gasteiger partial charge in [-0.3, -0.25) is 0 Å². The second-order valence-electron chi connectivity index (χ2n) is 4.11. The van der Waals surface area contributed by atoms with Crippen LogP contribution in [0.25, 0.3) is 0 Å². The summed E-state index contributed by atoms with van der Waals surface area (Å²) in [5.41, 5.74) is 1.46. The van der Waals surface area contributed by atoms with Gasteiger partial charge in [0.1, 0.15) is 6.10 Å². The first-order valence-electron chi connectivity index (χ1n) is 5.89. The van der Waals surface area contributed by atoms with Gasteiger partial charge in [-0.2, -0.15) is 0 Å². The third-order valence-electron chi connectivity index (χ3n) is 2.86. The van der Waals surface area contributed by atoms with Crippen molar-refractivity contribution in [3.05, 3.63) is 56.8 Å². The van der Waals surface area contributed by atoms with Crippen molar-refractivity contribution >= 4 is 41.1 Å². The molecule has 19 heavy (non-hydrogen) atoms. The van der Waals surface area contributed by atoms with E-state index in [9.17, 15) is 4.79 Å². The Labute approximate surface area is 125 Å². The molecule has 1 atom stereocenters. The molecule has 3 rings (SSSR count). The van der Waals surface area contributed by atoms with E-state index < -0.39 is 0 Å². The summed E-state index contributed by atoms with van der Waals surface area (Å²) >= 11 is 9.62. The lowest BCUT2D eigenvalue weighted by Crippen LogP contribution is -2.18. The summed E-state index contributed by atoms with van der Waals surface area (Å²) in [6.07, 6.45) is 1.42. The molecule has 1 fully saturated rings. The minimum atomic E-state index is -0.387. The molecule has 0 saturated carbocycles. The number of carbonyl (C=O) groups is 1. The average molecular weight is 311 g/mol. The summed E-state index contributed by atoms with van der Waals surface area (Å²) in [6, 6.07) is 9.62. The van der Waals surface area contributed by atoms with Gasteiger partial charge in [-0.05, 0) is 11.6 Å². The number of rotatable bonds is 1. The Morgan fingerprint density at radius 3 is 2.47 bits per heavy atom. The Morgan fingerprint density at radius 2 is 1.84 bits per heavy atom. The van der Waals surface area contributed by atoms with Gasteiger partial charge in [0.05, 0.1) is 14.8 Å². The van der Waals surface area contributed by atoms with Gasteiger partial charge in [-0.1, -0.05) is 41.9 Å². The zero-order valence-corrected chi connectivity index (χ0v) is 12.4. The number of carbonyl (C=O) groups excluding carboxylic acids is 1. The lowest BCUT2D eigenvalue weighted by atomic mass is 10.1. The molecule has 0 spiro atoms. The molecule has 0 amide bonds. The number of hydrogen-bond acceptors (Lipinski definition) is 4. The van der Waals surface area contributed by atoms with Crippen LogP contribution in [0.15, 0.2) is 51.3 Å². The van der Waals surface area contributed by atoms with E-state index in [1.807, 2.05) is 30.3 Å². The van der Waals surface area contributed by atoms with Gasteiger partial charge in [0.2, 0.25) is 0 Å². The fourth-order valence-corrected chi connectivity index (χ4v) is 4.91. The number of benzene rings is 1. The van der Waals surface area contributed by atoms with E-state index >= 15 is 0 Å². The highest BCUT2D eigenvalue weighted by Crippen LogP contribution is 2.44. The molecule has 0 N–H and O–H groups in total. The second kappa shape index (κ2) is 5.65. The van der Waals surface area contributed by atoms with Gasteiger partial charge < -0.3 is 4.74 Å². The van der Waals surface area contributed by atoms with Crippen LogP contribution in [0.5, 0.6) is 0 Å². The van der Waals surface area contributed by atoms with Crippen molar-refractivity contribution in [2.45, 2.75) is 6.10 Å². The topological polar surface area (TPSA) is 26.3 Å². The normalized spacial score (nSPS) is 23.3. The first-order chi connectivity index (χ1) is 9.25. The number of esters is 1. The van der Waals surface area contributed by atoms with Crippen LogP contribution >= 0.6 is 35.1 Å². The molecule has 0 aliphatic carbocycles. The summed E-state index contributed by atoms with van der Waals surface area (Å²) in [7, 11) is 0. The fraction of sp³-hybridized carbons (Fsp3) is 0.214. The molecule has 1 saturated heterocycles. The molecule has 0 aromatic heterocycles. The number of ether oxygens (including phenoxy) is 1.